The zero-order chi connectivity index (χ0) is 21.1. The van der Waals surface area contributed by atoms with Gasteiger partial charge in [0.15, 0.2) is 0 Å². The lowest BCUT2D eigenvalue weighted by molar-refractivity contribution is -0.118. The van der Waals surface area contributed by atoms with Gasteiger partial charge in [-0.2, -0.15) is 4.31 Å². The molecule has 166 valence electrons. The van der Waals surface area contributed by atoms with Gasteiger partial charge in [-0.25, -0.2) is 8.42 Å². The van der Waals surface area contributed by atoms with Gasteiger partial charge in [0.25, 0.3) is 0 Å². The van der Waals surface area contributed by atoms with Crippen molar-refractivity contribution in [3.63, 3.8) is 0 Å². The number of anilines is 1. The molecule has 1 saturated carbocycles. The molecule has 4 rings (SSSR count). The number of nitrogens with one attached hydrogen (secondary N) is 1. The lowest BCUT2D eigenvalue weighted by Crippen LogP contribution is -2.44. The Morgan fingerprint density at radius 1 is 1.00 bits per heavy atom. The molecule has 6 nitrogen and oxygen atoms in total. The average Bonchev–Trinajstić information content (AvgIpc) is 2.75. The third-order valence-corrected chi connectivity index (χ3v) is 9.07. The van der Waals surface area contributed by atoms with Crippen molar-refractivity contribution in [3.05, 3.63) is 23.8 Å². The van der Waals surface area contributed by atoms with Crippen LogP contribution in [0.4, 0.5) is 5.69 Å². The second-order valence-corrected chi connectivity index (χ2v) is 11.3. The second kappa shape index (κ2) is 9.37. The van der Waals surface area contributed by atoms with Crippen LogP contribution in [0.5, 0.6) is 0 Å². The quantitative estimate of drug-likeness (QED) is 0.770. The Kier molecular flexibility index (Phi) is 6.80. The highest BCUT2D eigenvalue weighted by Gasteiger charge is 2.32. The fraction of sp³-hybridized carbons (Fsp3) is 0.696. The van der Waals surface area contributed by atoms with Crippen LogP contribution in [0, 0.1) is 18.8 Å². The number of carbonyl (C=O) groups is 1. The van der Waals surface area contributed by atoms with Crippen molar-refractivity contribution in [1.29, 1.82) is 0 Å². The highest BCUT2D eigenvalue weighted by Crippen LogP contribution is 2.36. The average molecular weight is 434 g/mol. The summed E-state index contributed by atoms with van der Waals surface area (Å²) in [6.45, 7) is 5.44. The summed E-state index contributed by atoms with van der Waals surface area (Å²) in [7, 11) is -3.51. The monoisotopic (exact) mass is 433 g/mol. The van der Waals surface area contributed by atoms with E-state index in [1.807, 2.05) is 6.92 Å². The molecule has 3 fully saturated rings. The topological polar surface area (TPSA) is 69.7 Å². The third kappa shape index (κ3) is 4.89. The predicted octanol–water partition coefficient (Wildman–Crippen LogP) is 3.62. The lowest BCUT2D eigenvalue weighted by Gasteiger charge is -2.41. The van der Waals surface area contributed by atoms with Gasteiger partial charge < -0.3 is 5.32 Å². The zero-order valence-corrected chi connectivity index (χ0v) is 18.9. The first-order valence-corrected chi connectivity index (χ1v) is 13.0. The van der Waals surface area contributed by atoms with Gasteiger partial charge in [-0.1, -0.05) is 31.7 Å². The summed E-state index contributed by atoms with van der Waals surface area (Å²) in [6.07, 6.45) is 9.41. The first-order valence-electron chi connectivity index (χ1n) is 11.6. The van der Waals surface area contributed by atoms with Crippen molar-refractivity contribution in [2.24, 2.45) is 11.8 Å². The SMILES string of the molecule is Cc1ccc(S(=O)(=O)N2CCCCC2)cc1NC(=O)CN1CC[C@@H]2CCCC[C@@H]2C1. The van der Waals surface area contributed by atoms with Crippen LogP contribution in [-0.2, 0) is 14.8 Å². The lowest BCUT2D eigenvalue weighted by atomic mass is 9.75. The van der Waals surface area contributed by atoms with E-state index in [1.54, 1.807) is 22.5 Å². The molecule has 7 heteroatoms. The first kappa shape index (κ1) is 21.8. The summed E-state index contributed by atoms with van der Waals surface area (Å²) in [4.78, 5) is 15.3. The van der Waals surface area contributed by atoms with Gasteiger partial charge in [0.05, 0.1) is 11.4 Å². The molecule has 1 aromatic carbocycles. The van der Waals surface area contributed by atoms with Crippen LogP contribution in [0.15, 0.2) is 23.1 Å². The molecule has 2 aliphatic heterocycles. The van der Waals surface area contributed by atoms with Crippen LogP contribution in [0.1, 0.15) is 56.9 Å². The number of benzene rings is 1. The van der Waals surface area contributed by atoms with Crippen molar-refractivity contribution in [1.82, 2.24) is 9.21 Å². The maximum atomic E-state index is 13.0. The Morgan fingerprint density at radius 2 is 1.73 bits per heavy atom. The normalized spacial score (nSPS) is 26.2. The minimum Gasteiger partial charge on any atom is -0.325 e. The summed E-state index contributed by atoms with van der Waals surface area (Å²) in [6, 6.07) is 5.08. The van der Waals surface area contributed by atoms with E-state index in [-0.39, 0.29) is 10.8 Å². The maximum absolute atomic E-state index is 13.0. The summed E-state index contributed by atoms with van der Waals surface area (Å²) in [5, 5.41) is 2.98. The third-order valence-electron chi connectivity index (χ3n) is 7.18. The highest BCUT2D eigenvalue weighted by atomic mass is 32.2. The van der Waals surface area contributed by atoms with E-state index in [0.717, 1.165) is 49.8 Å². The summed E-state index contributed by atoms with van der Waals surface area (Å²) in [5.74, 6) is 1.52. The number of piperidine rings is 2. The minimum absolute atomic E-state index is 0.0557. The van der Waals surface area contributed by atoms with Crippen molar-refractivity contribution in [2.45, 2.75) is 63.2 Å². The number of likely N-dealkylation sites (tertiary alicyclic amines) is 1. The Morgan fingerprint density at radius 3 is 2.50 bits per heavy atom. The Hall–Kier alpha value is -1.44. The van der Waals surface area contributed by atoms with E-state index in [4.69, 9.17) is 0 Å². The van der Waals surface area contributed by atoms with E-state index >= 15 is 0 Å². The summed E-state index contributed by atoms with van der Waals surface area (Å²) in [5.41, 5.74) is 1.48. The van der Waals surface area contributed by atoms with Crippen LogP contribution in [0.25, 0.3) is 0 Å². The van der Waals surface area contributed by atoms with E-state index in [9.17, 15) is 13.2 Å². The van der Waals surface area contributed by atoms with Crippen LogP contribution in [0.3, 0.4) is 0 Å². The van der Waals surface area contributed by atoms with Crippen LogP contribution in [0.2, 0.25) is 0 Å². The predicted molar refractivity (Wildman–Crippen MR) is 119 cm³/mol. The molecule has 3 aliphatic rings. The largest absolute Gasteiger partial charge is 0.325 e. The number of sulfonamides is 1. The van der Waals surface area contributed by atoms with Crippen LogP contribution >= 0.6 is 0 Å². The standard InChI is InChI=1S/C23H35N3O3S/c1-18-9-10-21(30(28,29)26-12-5-2-6-13-26)15-22(18)24-23(27)17-25-14-11-19-7-3-4-8-20(19)16-25/h9-10,15,19-20H,2-8,11-14,16-17H2,1H3,(H,24,27)/t19-,20+/m0/s1. The van der Waals surface area contributed by atoms with E-state index in [1.165, 1.54) is 32.1 Å². The zero-order valence-electron chi connectivity index (χ0n) is 18.1. The van der Waals surface area contributed by atoms with E-state index in [0.29, 0.717) is 25.3 Å². The van der Waals surface area contributed by atoms with Crippen LogP contribution < -0.4 is 5.32 Å². The van der Waals surface area contributed by atoms with E-state index in [2.05, 4.69) is 10.2 Å². The number of amides is 1. The molecule has 1 aromatic rings. The van der Waals surface area contributed by atoms with Gasteiger partial charge in [-0.15, -0.1) is 0 Å². The fourth-order valence-corrected chi connectivity index (χ4v) is 6.91. The van der Waals surface area contributed by atoms with Crippen molar-refractivity contribution in [2.75, 3.05) is 38.0 Å². The second-order valence-electron chi connectivity index (χ2n) is 9.32. The molecule has 2 atom stereocenters. The van der Waals surface area contributed by atoms with Gasteiger partial charge in [0, 0.05) is 25.3 Å². The molecule has 2 heterocycles. The number of nitrogens with zero attached hydrogens (tertiary/aromatic N) is 2. The molecular weight excluding hydrogens is 398 g/mol. The summed E-state index contributed by atoms with van der Waals surface area (Å²) < 4.78 is 27.6. The molecule has 2 saturated heterocycles. The van der Waals surface area contributed by atoms with Gasteiger partial charge in [-0.05, 0) is 68.7 Å². The molecule has 0 radical (unpaired) electrons. The smallest absolute Gasteiger partial charge is 0.243 e. The molecule has 1 amide bonds. The number of hydrogen-bond donors (Lipinski definition) is 1. The molecule has 30 heavy (non-hydrogen) atoms. The number of aryl methyl sites for hydroxylation is 1. The molecule has 0 aromatic heterocycles. The van der Waals surface area contributed by atoms with Crippen molar-refractivity contribution in [3.8, 4) is 0 Å². The van der Waals surface area contributed by atoms with E-state index < -0.39 is 10.0 Å². The molecule has 0 unspecified atom stereocenters. The molecule has 0 bridgehead atoms. The molecule has 1 N–H and O–H groups in total. The Balaban J connectivity index is 1.40. The molecular formula is C23H35N3O3S. The van der Waals surface area contributed by atoms with Gasteiger partial charge >= 0.3 is 0 Å². The Labute approximate surface area is 181 Å². The van der Waals surface area contributed by atoms with Crippen molar-refractivity contribution < 1.29 is 13.2 Å². The number of carbonyl (C=O) groups excluding carboxylic acids is 1. The number of hydrogen-bond acceptors (Lipinski definition) is 4. The molecule has 0 spiro atoms. The van der Waals surface area contributed by atoms with Crippen molar-refractivity contribution >= 4 is 21.6 Å². The first-order chi connectivity index (χ1) is 14.4. The molecule has 1 aliphatic carbocycles. The summed E-state index contributed by atoms with van der Waals surface area (Å²) >= 11 is 0. The van der Waals surface area contributed by atoms with Gasteiger partial charge in [0.1, 0.15) is 0 Å². The number of rotatable bonds is 5. The number of fused-ring (bicyclic) bond motifs is 1. The van der Waals surface area contributed by atoms with Gasteiger partial charge in [-0.3, -0.25) is 9.69 Å². The van der Waals surface area contributed by atoms with Crippen LogP contribution in [-0.4, -0.2) is 56.3 Å². The van der Waals surface area contributed by atoms with Gasteiger partial charge in [0.2, 0.25) is 15.9 Å². The minimum atomic E-state index is -3.51. The highest BCUT2D eigenvalue weighted by molar-refractivity contribution is 7.89. The Bertz CT molecular complexity index is 864. The fourth-order valence-electron chi connectivity index (χ4n) is 5.36. The maximum Gasteiger partial charge on any atom is 0.243 e.